The number of hydrogen-bond donors (Lipinski definition) is 3. The lowest BCUT2D eigenvalue weighted by Gasteiger charge is -2.36. The molecule has 5 heteroatoms. The number of anilines is 2. The van der Waals surface area contributed by atoms with Crippen LogP contribution >= 0.6 is 11.9 Å². The van der Waals surface area contributed by atoms with E-state index in [-0.39, 0.29) is 4.75 Å². The number of aliphatic hydroxyl groups is 1. The van der Waals surface area contributed by atoms with Gasteiger partial charge in [-0.25, -0.2) is 0 Å². The van der Waals surface area contributed by atoms with E-state index < -0.39 is 5.60 Å². The summed E-state index contributed by atoms with van der Waals surface area (Å²) in [6, 6.07) is 1.81. The van der Waals surface area contributed by atoms with Crippen LogP contribution in [-0.2, 0) is 0 Å². The molecule has 1 aromatic heterocycles. The van der Waals surface area contributed by atoms with Crippen LogP contribution in [0.2, 0.25) is 0 Å². The number of nitrogens with zero attached hydrogens (tertiary/aromatic N) is 1. The lowest BCUT2D eigenvalue weighted by atomic mass is 9.94. The van der Waals surface area contributed by atoms with E-state index in [1.165, 1.54) is 11.9 Å². The second-order valence-corrected chi connectivity index (χ2v) is 6.21. The summed E-state index contributed by atoms with van der Waals surface area (Å²) >= 11 is 1.45. The second kappa shape index (κ2) is 6.85. The Morgan fingerprint density at radius 3 is 2.22 bits per heavy atom. The van der Waals surface area contributed by atoms with Gasteiger partial charge in [-0.2, -0.15) is 0 Å². The molecule has 4 N–H and O–H groups in total. The third-order valence-corrected chi connectivity index (χ3v) is 4.00. The van der Waals surface area contributed by atoms with E-state index in [1.54, 1.807) is 32.3 Å². The van der Waals surface area contributed by atoms with Gasteiger partial charge in [0.1, 0.15) is 0 Å². The highest BCUT2D eigenvalue weighted by Crippen LogP contribution is 2.35. The number of nitrogens with two attached hydrogens (primary N) is 1. The molecular weight excluding hydrogens is 246 g/mol. The third-order valence-electron chi connectivity index (χ3n) is 2.66. The molecule has 0 aliphatic rings. The lowest BCUT2D eigenvalue weighted by Crippen LogP contribution is -2.43. The molecule has 0 spiro atoms. The van der Waals surface area contributed by atoms with Crippen molar-refractivity contribution < 1.29 is 5.11 Å². The molecule has 4 nitrogen and oxygen atoms in total. The Bertz CT molecular complexity index is 361. The second-order valence-electron chi connectivity index (χ2n) is 4.78. The van der Waals surface area contributed by atoms with Crippen LogP contribution in [0, 0.1) is 0 Å². The van der Waals surface area contributed by atoms with Crippen molar-refractivity contribution in [2.45, 2.75) is 51.9 Å². The predicted molar refractivity (Wildman–Crippen MR) is 81.6 cm³/mol. The van der Waals surface area contributed by atoms with E-state index in [0.29, 0.717) is 5.69 Å². The highest BCUT2D eigenvalue weighted by Gasteiger charge is 2.36. The van der Waals surface area contributed by atoms with Gasteiger partial charge in [0.2, 0.25) is 0 Å². The quantitative estimate of drug-likeness (QED) is 0.733. The summed E-state index contributed by atoms with van der Waals surface area (Å²) < 4.78 is 2.82. The summed E-state index contributed by atoms with van der Waals surface area (Å²) in [5.74, 6) is 0. The van der Waals surface area contributed by atoms with Crippen molar-refractivity contribution >= 4 is 23.3 Å². The minimum Gasteiger partial charge on any atom is -0.397 e. The summed E-state index contributed by atoms with van der Waals surface area (Å²) in [7, 11) is 0. The first-order valence-corrected chi connectivity index (χ1v) is 6.91. The number of nitrogens with one attached hydrogen (secondary N) is 1. The van der Waals surface area contributed by atoms with E-state index in [1.807, 2.05) is 27.7 Å². The molecule has 0 aliphatic carbocycles. The van der Waals surface area contributed by atoms with Gasteiger partial charge in [0.15, 0.2) is 0 Å². The molecule has 0 saturated heterocycles. The van der Waals surface area contributed by atoms with Gasteiger partial charge < -0.3 is 15.6 Å². The predicted octanol–water partition coefficient (Wildman–Crippen LogP) is 3.30. The van der Waals surface area contributed by atoms with Crippen LogP contribution in [-0.4, -0.2) is 20.4 Å². The smallest absolute Gasteiger partial charge is 0.0749 e. The number of rotatable bonds is 4. The maximum atomic E-state index is 9.98. The molecule has 18 heavy (non-hydrogen) atoms. The van der Waals surface area contributed by atoms with Gasteiger partial charge in [-0.3, -0.25) is 4.98 Å². The normalized spacial score (nSPS) is 11.5. The molecule has 0 radical (unpaired) electrons. The molecule has 0 unspecified atom stereocenters. The fourth-order valence-corrected chi connectivity index (χ4v) is 1.56. The van der Waals surface area contributed by atoms with E-state index in [0.717, 1.165) is 5.69 Å². The topological polar surface area (TPSA) is 71.2 Å². The maximum absolute atomic E-state index is 9.98. The van der Waals surface area contributed by atoms with E-state index >= 15 is 0 Å². The molecule has 0 bridgehead atoms. The molecule has 1 rings (SSSR count). The van der Waals surface area contributed by atoms with E-state index in [4.69, 9.17) is 5.73 Å². The Morgan fingerprint density at radius 2 is 1.78 bits per heavy atom. The van der Waals surface area contributed by atoms with Crippen LogP contribution in [0.5, 0.6) is 0 Å². The minimum absolute atomic E-state index is 0.322. The average molecular weight is 271 g/mol. The Balaban J connectivity index is 0.00000137. The summed E-state index contributed by atoms with van der Waals surface area (Å²) in [4.78, 5) is 3.98. The molecule has 0 atom stereocenters. The molecule has 104 valence electrons. The van der Waals surface area contributed by atoms with Gasteiger partial charge in [0, 0.05) is 6.20 Å². The fraction of sp³-hybridized carbons (Fsp3) is 0.615. The Morgan fingerprint density at radius 1 is 1.22 bits per heavy atom. The van der Waals surface area contributed by atoms with Crippen molar-refractivity contribution in [1.29, 1.82) is 0 Å². The van der Waals surface area contributed by atoms with Crippen LogP contribution in [0.25, 0.3) is 0 Å². The number of pyridine rings is 1. The molecule has 1 aromatic rings. The van der Waals surface area contributed by atoms with Gasteiger partial charge >= 0.3 is 0 Å². The Hall–Kier alpha value is -0.940. The first-order chi connectivity index (χ1) is 8.22. The van der Waals surface area contributed by atoms with Gasteiger partial charge in [0.25, 0.3) is 0 Å². The van der Waals surface area contributed by atoms with Gasteiger partial charge in [-0.15, -0.1) is 0 Å². The van der Waals surface area contributed by atoms with Gasteiger partial charge in [-0.1, -0.05) is 13.8 Å². The van der Waals surface area contributed by atoms with Crippen molar-refractivity contribution in [2.24, 2.45) is 0 Å². The highest BCUT2D eigenvalue weighted by atomic mass is 32.2. The van der Waals surface area contributed by atoms with Crippen LogP contribution in [0.4, 0.5) is 11.4 Å². The number of hydrogen-bond acceptors (Lipinski definition) is 5. The molecule has 0 amide bonds. The third kappa shape index (κ3) is 5.14. The molecular formula is C13H25N3OS. The summed E-state index contributed by atoms with van der Waals surface area (Å²) in [5.41, 5.74) is 6.30. The van der Waals surface area contributed by atoms with Gasteiger partial charge in [-0.05, 0) is 45.7 Å². The standard InChI is InChI=1S/C11H19N3OS.C2H6/c1-10(2,15)11(3,4)16-14-9-5-8(12)6-13-7-9;1-2/h5-7,14-15H,12H2,1-4H3;1-2H3. The van der Waals surface area contributed by atoms with Crippen LogP contribution in [0.3, 0.4) is 0 Å². The van der Waals surface area contributed by atoms with Crippen molar-refractivity contribution in [3.63, 3.8) is 0 Å². The maximum Gasteiger partial charge on any atom is 0.0749 e. The summed E-state index contributed by atoms with van der Waals surface area (Å²) in [5, 5.41) is 9.98. The summed E-state index contributed by atoms with van der Waals surface area (Å²) in [6.45, 7) is 11.5. The molecule has 0 saturated carbocycles. The molecule has 0 aliphatic heterocycles. The minimum atomic E-state index is -0.779. The van der Waals surface area contributed by atoms with Crippen molar-refractivity contribution in [2.75, 3.05) is 10.5 Å². The fourth-order valence-electron chi connectivity index (χ4n) is 0.825. The van der Waals surface area contributed by atoms with E-state index in [2.05, 4.69) is 9.71 Å². The first-order valence-electron chi connectivity index (χ1n) is 6.09. The number of aromatic nitrogens is 1. The number of nitrogen functional groups attached to an aromatic ring is 1. The first kappa shape index (κ1) is 17.1. The van der Waals surface area contributed by atoms with Crippen molar-refractivity contribution in [1.82, 2.24) is 4.98 Å². The largest absolute Gasteiger partial charge is 0.397 e. The molecule has 0 fully saturated rings. The van der Waals surface area contributed by atoms with Crippen LogP contribution in [0.1, 0.15) is 41.5 Å². The molecule has 0 aromatic carbocycles. The van der Waals surface area contributed by atoms with Crippen molar-refractivity contribution in [3.8, 4) is 0 Å². The van der Waals surface area contributed by atoms with Crippen LogP contribution in [0.15, 0.2) is 18.5 Å². The van der Waals surface area contributed by atoms with Crippen molar-refractivity contribution in [3.05, 3.63) is 18.5 Å². The zero-order chi connectivity index (χ0) is 14.4. The highest BCUT2D eigenvalue weighted by molar-refractivity contribution is 8.01. The van der Waals surface area contributed by atoms with E-state index in [9.17, 15) is 5.11 Å². The zero-order valence-corrected chi connectivity index (χ0v) is 12.9. The van der Waals surface area contributed by atoms with Gasteiger partial charge in [0.05, 0.1) is 27.9 Å². The average Bonchev–Trinajstić information content (AvgIpc) is 2.28. The SMILES string of the molecule is CC.CC(C)(O)C(C)(C)SNc1cncc(N)c1. The Kier molecular flexibility index (Phi) is 6.49. The summed E-state index contributed by atoms with van der Waals surface area (Å²) in [6.07, 6.45) is 3.29. The Labute approximate surface area is 115 Å². The monoisotopic (exact) mass is 271 g/mol. The molecule has 1 heterocycles. The van der Waals surface area contributed by atoms with Crippen LogP contribution < -0.4 is 10.5 Å². The zero-order valence-electron chi connectivity index (χ0n) is 12.1. The lowest BCUT2D eigenvalue weighted by molar-refractivity contribution is 0.0494.